The van der Waals surface area contributed by atoms with Crippen LogP contribution in [-0.4, -0.2) is 4.83 Å². The average molecular weight is 338 g/mol. The van der Waals surface area contributed by atoms with Gasteiger partial charge >= 0.3 is 0 Å². The summed E-state index contributed by atoms with van der Waals surface area (Å²) in [4.78, 5) is 2.22. The molecule has 0 aromatic carbocycles. The van der Waals surface area contributed by atoms with Crippen molar-refractivity contribution in [1.29, 1.82) is 0 Å². The predicted molar refractivity (Wildman–Crippen MR) is 70.6 cm³/mol. The van der Waals surface area contributed by atoms with Gasteiger partial charge in [0.2, 0.25) is 0 Å². The summed E-state index contributed by atoms with van der Waals surface area (Å²) < 4.78 is 1.30. The molecule has 0 saturated heterocycles. The Balaban J connectivity index is 2.19. The minimum Gasteiger partial charge on any atom is -0.147 e. The van der Waals surface area contributed by atoms with Crippen molar-refractivity contribution in [2.75, 3.05) is 0 Å². The number of halogens is 2. The summed E-state index contributed by atoms with van der Waals surface area (Å²) in [6, 6.07) is 2.17. The maximum absolute atomic E-state index is 3.85. The van der Waals surface area contributed by atoms with Crippen molar-refractivity contribution in [2.24, 2.45) is 0 Å². The molecular weight excluding hydrogens is 324 g/mol. The Hall–Kier alpha value is 0.660. The maximum atomic E-state index is 3.85. The Morgan fingerprint density at radius 3 is 2.71 bits per heavy atom. The molecule has 0 N–H and O–H groups in total. The molecular formula is C11H14Br2S. The smallest absolute Gasteiger partial charge is 0.0317 e. The normalized spacial score (nSPS) is 28.7. The molecule has 0 spiro atoms. The van der Waals surface area contributed by atoms with E-state index in [2.05, 4.69) is 43.3 Å². The summed E-state index contributed by atoms with van der Waals surface area (Å²) in [7, 11) is 0. The molecule has 3 heteroatoms. The van der Waals surface area contributed by atoms with Crippen molar-refractivity contribution in [3.8, 4) is 0 Å². The molecule has 2 rings (SSSR count). The molecule has 1 aliphatic carbocycles. The first-order valence-electron chi connectivity index (χ1n) is 5.16. The summed E-state index contributed by atoms with van der Waals surface area (Å²) in [6.45, 7) is 0. The lowest BCUT2D eigenvalue weighted by Gasteiger charge is -2.18. The van der Waals surface area contributed by atoms with E-state index in [1.165, 1.54) is 41.5 Å². The van der Waals surface area contributed by atoms with E-state index in [0.29, 0.717) is 4.83 Å². The Bertz CT molecular complexity index is 295. The van der Waals surface area contributed by atoms with E-state index in [0.717, 1.165) is 5.92 Å². The van der Waals surface area contributed by atoms with Gasteiger partial charge in [-0.2, -0.15) is 0 Å². The molecule has 1 aromatic rings. The van der Waals surface area contributed by atoms with Gasteiger partial charge in [0.05, 0.1) is 0 Å². The van der Waals surface area contributed by atoms with Crippen LogP contribution in [0, 0.1) is 0 Å². The van der Waals surface area contributed by atoms with Gasteiger partial charge in [0.25, 0.3) is 0 Å². The second kappa shape index (κ2) is 5.13. The van der Waals surface area contributed by atoms with Crippen LogP contribution in [0.1, 0.15) is 42.9 Å². The van der Waals surface area contributed by atoms with Crippen molar-refractivity contribution in [2.45, 2.75) is 42.8 Å². The van der Waals surface area contributed by atoms with Gasteiger partial charge in [0, 0.05) is 20.1 Å². The van der Waals surface area contributed by atoms with E-state index in [9.17, 15) is 0 Å². The number of rotatable bonds is 1. The number of hydrogen-bond acceptors (Lipinski definition) is 1. The van der Waals surface area contributed by atoms with E-state index in [1.807, 2.05) is 11.3 Å². The zero-order valence-corrected chi connectivity index (χ0v) is 12.0. The summed E-state index contributed by atoms with van der Waals surface area (Å²) >= 11 is 9.38. The SMILES string of the molecule is Brc1ccsc1C1CCCCCC1Br. The summed E-state index contributed by atoms with van der Waals surface area (Å²) in [6.07, 6.45) is 6.85. The van der Waals surface area contributed by atoms with E-state index in [1.54, 1.807) is 0 Å². The third-order valence-electron chi connectivity index (χ3n) is 2.91. The highest BCUT2D eigenvalue weighted by Gasteiger charge is 2.25. The quantitative estimate of drug-likeness (QED) is 0.480. The van der Waals surface area contributed by atoms with Crippen LogP contribution in [0.2, 0.25) is 0 Å². The van der Waals surface area contributed by atoms with Gasteiger partial charge in [0.1, 0.15) is 0 Å². The highest BCUT2D eigenvalue weighted by Crippen LogP contribution is 2.41. The minimum atomic E-state index is 0.681. The van der Waals surface area contributed by atoms with Crippen LogP contribution in [0.25, 0.3) is 0 Å². The Labute approximate surface area is 106 Å². The van der Waals surface area contributed by atoms with Crippen molar-refractivity contribution >= 4 is 43.2 Å². The zero-order chi connectivity index (χ0) is 9.97. The first-order chi connectivity index (χ1) is 6.79. The van der Waals surface area contributed by atoms with Gasteiger partial charge in [-0.15, -0.1) is 11.3 Å². The molecule has 0 aliphatic heterocycles. The Morgan fingerprint density at radius 2 is 2.00 bits per heavy atom. The third kappa shape index (κ3) is 2.42. The van der Waals surface area contributed by atoms with E-state index in [-0.39, 0.29) is 0 Å². The lowest BCUT2D eigenvalue weighted by Crippen LogP contribution is -2.09. The number of hydrogen-bond donors (Lipinski definition) is 0. The van der Waals surface area contributed by atoms with Gasteiger partial charge < -0.3 is 0 Å². The van der Waals surface area contributed by atoms with E-state index < -0.39 is 0 Å². The number of thiophene rings is 1. The lowest BCUT2D eigenvalue weighted by atomic mass is 9.99. The van der Waals surface area contributed by atoms with Gasteiger partial charge in [-0.25, -0.2) is 0 Å². The molecule has 0 nitrogen and oxygen atoms in total. The van der Waals surface area contributed by atoms with Crippen molar-refractivity contribution < 1.29 is 0 Å². The van der Waals surface area contributed by atoms with Gasteiger partial charge in [0.15, 0.2) is 0 Å². The molecule has 1 fully saturated rings. The van der Waals surface area contributed by atoms with Crippen LogP contribution in [0.5, 0.6) is 0 Å². The standard InChI is InChI=1S/C11H14Br2S/c12-9-5-3-1-2-4-8(9)11-10(13)6-7-14-11/h6-9H,1-5H2. The highest BCUT2D eigenvalue weighted by atomic mass is 79.9. The molecule has 1 aromatic heterocycles. The van der Waals surface area contributed by atoms with E-state index >= 15 is 0 Å². The molecule has 2 unspecified atom stereocenters. The van der Waals surface area contributed by atoms with Crippen LogP contribution in [0.3, 0.4) is 0 Å². The maximum Gasteiger partial charge on any atom is 0.0317 e. The van der Waals surface area contributed by atoms with Gasteiger partial charge in [-0.1, -0.05) is 35.2 Å². The summed E-state index contributed by atoms with van der Waals surface area (Å²) in [5.74, 6) is 0.729. The topological polar surface area (TPSA) is 0 Å². The summed E-state index contributed by atoms with van der Waals surface area (Å²) in [5.41, 5.74) is 0. The first kappa shape index (κ1) is 11.2. The minimum absolute atomic E-state index is 0.681. The molecule has 78 valence electrons. The molecule has 0 radical (unpaired) electrons. The predicted octanol–water partition coefficient (Wildman–Crippen LogP) is 5.32. The third-order valence-corrected chi connectivity index (χ3v) is 6.01. The molecule has 1 saturated carbocycles. The van der Waals surface area contributed by atoms with Gasteiger partial charge in [-0.3, -0.25) is 0 Å². The van der Waals surface area contributed by atoms with Crippen molar-refractivity contribution in [1.82, 2.24) is 0 Å². The average Bonchev–Trinajstić information content (AvgIpc) is 2.46. The zero-order valence-electron chi connectivity index (χ0n) is 8.01. The lowest BCUT2D eigenvalue weighted by molar-refractivity contribution is 0.620. The van der Waals surface area contributed by atoms with Crippen LogP contribution >= 0.6 is 43.2 Å². The van der Waals surface area contributed by atoms with Crippen molar-refractivity contribution in [3.05, 3.63) is 20.8 Å². The molecule has 0 bridgehead atoms. The van der Waals surface area contributed by atoms with Gasteiger partial charge in [-0.05, 0) is 40.2 Å². The first-order valence-corrected chi connectivity index (χ1v) is 7.75. The van der Waals surface area contributed by atoms with Crippen LogP contribution in [-0.2, 0) is 0 Å². The highest BCUT2D eigenvalue weighted by molar-refractivity contribution is 9.10. The molecule has 1 heterocycles. The Kier molecular flexibility index (Phi) is 4.09. The fourth-order valence-electron chi connectivity index (χ4n) is 2.13. The largest absolute Gasteiger partial charge is 0.147 e. The van der Waals surface area contributed by atoms with Crippen LogP contribution in [0.15, 0.2) is 15.9 Å². The molecule has 2 atom stereocenters. The fraction of sp³-hybridized carbons (Fsp3) is 0.636. The fourth-order valence-corrected chi connectivity index (χ4v) is 5.02. The Morgan fingerprint density at radius 1 is 1.21 bits per heavy atom. The molecule has 1 aliphatic rings. The van der Waals surface area contributed by atoms with Crippen LogP contribution < -0.4 is 0 Å². The molecule has 14 heavy (non-hydrogen) atoms. The monoisotopic (exact) mass is 336 g/mol. The number of alkyl halides is 1. The second-order valence-electron chi connectivity index (χ2n) is 3.89. The second-order valence-corrected chi connectivity index (χ2v) is 6.87. The van der Waals surface area contributed by atoms with Crippen LogP contribution in [0.4, 0.5) is 0 Å². The molecule has 0 amide bonds. The summed E-state index contributed by atoms with van der Waals surface area (Å²) in [5, 5.41) is 2.18. The van der Waals surface area contributed by atoms with E-state index in [4.69, 9.17) is 0 Å². The van der Waals surface area contributed by atoms with Crippen molar-refractivity contribution in [3.63, 3.8) is 0 Å².